The predicted molar refractivity (Wildman–Crippen MR) is 155 cm³/mol. The minimum absolute atomic E-state index is 0.0154. The minimum Gasteiger partial charge on any atom is -0.345 e. The van der Waals surface area contributed by atoms with Crippen LogP contribution in [0.4, 0.5) is 0 Å². The number of aromatic nitrogens is 1. The van der Waals surface area contributed by atoms with Gasteiger partial charge in [0.2, 0.25) is 5.91 Å². The van der Waals surface area contributed by atoms with Gasteiger partial charge in [0.05, 0.1) is 6.54 Å². The predicted octanol–water partition coefficient (Wildman–Crippen LogP) is 7.30. The fourth-order valence-corrected chi connectivity index (χ4v) is 5.65. The van der Waals surface area contributed by atoms with Gasteiger partial charge in [-0.05, 0) is 60.7 Å². The first kappa shape index (κ1) is 28.3. The normalized spacial score (nSPS) is 14.0. The second kappa shape index (κ2) is 13.3. The van der Waals surface area contributed by atoms with E-state index in [4.69, 9.17) is 23.2 Å². The van der Waals surface area contributed by atoms with E-state index < -0.39 is 0 Å². The molecule has 4 rings (SSSR count). The van der Waals surface area contributed by atoms with E-state index in [9.17, 15) is 9.59 Å². The topological polar surface area (TPSA) is 45.6 Å². The van der Waals surface area contributed by atoms with Crippen LogP contribution in [-0.4, -0.2) is 45.3 Å². The summed E-state index contributed by atoms with van der Waals surface area (Å²) in [5.74, 6) is 0.0422. The zero-order chi connectivity index (χ0) is 27.1. The third-order valence-electron chi connectivity index (χ3n) is 7.16. The van der Waals surface area contributed by atoms with Gasteiger partial charge in [0.15, 0.2) is 0 Å². The fraction of sp³-hybridized carbons (Fsp3) is 0.419. The Kier molecular flexibility index (Phi) is 9.92. The molecule has 0 aliphatic heterocycles. The number of hydrogen-bond acceptors (Lipinski definition) is 2. The Morgan fingerprint density at radius 1 is 0.974 bits per heavy atom. The number of benzene rings is 2. The maximum atomic E-state index is 14.0. The molecule has 0 radical (unpaired) electrons. The monoisotopic (exact) mass is 553 g/mol. The molecule has 7 heteroatoms. The Balaban J connectivity index is 1.57. The molecule has 1 aliphatic carbocycles. The molecule has 1 fully saturated rings. The van der Waals surface area contributed by atoms with Crippen LogP contribution in [0.5, 0.6) is 0 Å². The van der Waals surface area contributed by atoms with Gasteiger partial charge in [-0.1, -0.05) is 80.6 Å². The Morgan fingerprint density at radius 2 is 1.74 bits per heavy atom. The van der Waals surface area contributed by atoms with Gasteiger partial charge in [-0.3, -0.25) is 9.59 Å². The molecule has 0 saturated heterocycles. The van der Waals surface area contributed by atoms with Crippen molar-refractivity contribution in [1.82, 2.24) is 14.4 Å². The summed E-state index contributed by atoms with van der Waals surface area (Å²) in [6.07, 6.45) is 7.45. The molecular weight excluding hydrogens is 517 g/mol. The van der Waals surface area contributed by atoms with Crippen molar-refractivity contribution in [3.05, 3.63) is 93.7 Å². The van der Waals surface area contributed by atoms with E-state index in [1.807, 2.05) is 41.4 Å². The highest BCUT2D eigenvalue weighted by Crippen LogP contribution is 2.26. The van der Waals surface area contributed by atoms with E-state index in [0.29, 0.717) is 30.2 Å². The molecule has 0 spiro atoms. The lowest BCUT2D eigenvalue weighted by Crippen LogP contribution is -2.48. The van der Waals surface area contributed by atoms with Gasteiger partial charge in [0.25, 0.3) is 5.91 Å². The van der Waals surface area contributed by atoms with Gasteiger partial charge in [-0.25, -0.2) is 0 Å². The molecule has 2 aromatic carbocycles. The minimum atomic E-state index is -0.166. The van der Waals surface area contributed by atoms with Crippen molar-refractivity contribution in [3.63, 3.8) is 0 Å². The van der Waals surface area contributed by atoms with Gasteiger partial charge >= 0.3 is 0 Å². The molecule has 38 heavy (non-hydrogen) atoms. The number of nitrogens with zero attached hydrogens (tertiary/aromatic N) is 3. The maximum absolute atomic E-state index is 14.0. The highest BCUT2D eigenvalue weighted by molar-refractivity contribution is 6.31. The molecule has 202 valence electrons. The molecule has 0 atom stereocenters. The molecule has 1 aromatic heterocycles. The Bertz CT molecular complexity index is 1230. The molecule has 3 aromatic rings. The van der Waals surface area contributed by atoms with Crippen LogP contribution < -0.4 is 0 Å². The molecule has 0 N–H and O–H groups in total. The number of hydrogen-bond donors (Lipinski definition) is 0. The molecule has 2 amide bonds. The molecule has 1 heterocycles. The molecule has 1 aliphatic rings. The first-order chi connectivity index (χ1) is 18.3. The van der Waals surface area contributed by atoms with E-state index in [2.05, 4.69) is 24.5 Å². The summed E-state index contributed by atoms with van der Waals surface area (Å²) in [5.41, 5.74) is 2.60. The Hall–Kier alpha value is -2.76. The SMILES string of the molecule is CC(C)CN(CC(=O)N(Cc1cccn1Cc1ccccc1Cl)C1CCCCC1)C(=O)c1cccc(Cl)c1. The lowest BCUT2D eigenvalue weighted by molar-refractivity contribution is -0.135. The molecule has 0 unspecified atom stereocenters. The highest BCUT2D eigenvalue weighted by Gasteiger charge is 2.29. The average Bonchev–Trinajstić information content (AvgIpc) is 3.34. The van der Waals surface area contributed by atoms with Crippen LogP contribution >= 0.6 is 23.2 Å². The van der Waals surface area contributed by atoms with Crippen molar-refractivity contribution >= 4 is 35.0 Å². The molecule has 1 saturated carbocycles. The summed E-state index contributed by atoms with van der Waals surface area (Å²) in [7, 11) is 0. The van der Waals surface area contributed by atoms with Gasteiger partial charge in [-0.2, -0.15) is 0 Å². The highest BCUT2D eigenvalue weighted by atomic mass is 35.5. The summed E-state index contributed by atoms with van der Waals surface area (Å²) in [6.45, 7) is 5.81. The maximum Gasteiger partial charge on any atom is 0.254 e. The summed E-state index contributed by atoms with van der Waals surface area (Å²) in [5, 5.41) is 1.24. The number of carbonyl (C=O) groups is 2. The quantitative estimate of drug-likeness (QED) is 0.264. The van der Waals surface area contributed by atoms with Crippen molar-refractivity contribution in [1.29, 1.82) is 0 Å². The lowest BCUT2D eigenvalue weighted by atomic mass is 9.94. The Labute approximate surface area is 236 Å². The van der Waals surface area contributed by atoms with Gasteiger partial charge in [-0.15, -0.1) is 0 Å². The van der Waals surface area contributed by atoms with Crippen molar-refractivity contribution in [2.75, 3.05) is 13.1 Å². The van der Waals surface area contributed by atoms with Crippen molar-refractivity contribution < 1.29 is 9.59 Å². The van der Waals surface area contributed by atoms with Crippen molar-refractivity contribution in [3.8, 4) is 0 Å². The molecule has 5 nitrogen and oxygen atoms in total. The number of rotatable bonds is 10. The number of carbonyl (C=O) groups excluding carboxylic acids is 2. The first-order valence-corrected chi connectivity index (χ1v) is 14.3. The van der Waals surface area contributed by atoms with Crippen LogP contribution in [0.15, 0.2) is 66.9 Å². The van der Waals surface area contributed by atoms with E-state index in [0.717, 1.165) is 42.0 Å². The van der Waals surface area contributed by atoms with Crippen LogP contribution in [0.25, 0.3) is 0 Å². The average molecular weight is 555 g/mol. The van der Waals surface area contributed by atoms with Gasteiger partial charge in [0.1, 0.15) is 6.54 Å². The van der Waals surface area contributed by atoms with Crippen molar-refractivity contribution in [2.24, 2.45) is 5.92 Å². The first-order valence-electron chi connectivity index (χ1n) is 13.5. The van der Waals surface area contributed by atoms with Gasteiger partial charge < -0.3 is 14.4 Å². The second-order valence-electron chi connectivity index (χ2n) is 10.6. The van der Waals surface area contributed by atoms with Crippen LogP contribution in [-0.2, 0) is 17.9 Å². The van der Waals surface area contributed by atoms with Crippen molar-refractivity contribution in [2.45, 2.75) is 65.1 Å². The number of amides is 2. The Morgan fingerprint density at radius 3 is 2.45 bits per heavy atom. The summed E-state index contributed by atoms with van der Waals surface area (Å²) in [6, 6.07) is 19.1. The standard InChI is InChI=1S/C31H37Cl2N3O2/c1-23(2)19-35(31(38)24-11-8-12-26(32)18-24)22-30(37)36(27-13-4-3-5-14-27)21-28-15-9-17-34(28)20-25-10-6-7-16-29(25)33/h6-12,15-18,23,27H,3-5,13-14,19-22H2,1-2H3. The van der Waals surface area contributed by atoms with Crippen LogP contribution in [0.3, 0.4) is 0 Å². The lowest BCUT2D eigenvalue weighted by Gasteiger charge is -2.36. The van der Waals surface area contributed by atoms with E-state index in [-0.39, 0.29) is 30.3 Å². The number of halogens is 2. The fourth-order valence-electron chi connectivity index (χ4n) is 5.26. The summed E-state index contributed by atoms with van der Waals surface area (Å²) in [4.78, 5) is 31.1. The zero-order valence-electron chi connectivity index (χ0n) is 22.3. The van der Waals surface area contributed by atoms with Crippen LogP contribution in [0.1, 0.15) is 67.6 Å². The zero-order valence-corrected chi connectivity index (χ0v) is 23.8. The van der Waals surface area contributed by atoms with Crippen LogP contribution in [0.2, 0.25) is 10.0 Å². The molecule has 0 bridgehead atoms. The van der Waals surface area contributed by atoms with E-state index >= 15 is 0 Å². The molecular formula is C31H37Cl2N3O2. The van der Waals surface area contributed by atoms with Gasteiger partial charge in [0, 0.05) is 46.6 Å². The summed E-state index contributed by atoms with van der Waals surface area (Å²) >= 11 is 12.6. The third-order valence-corrected chi connectivity index (χ3v) is 7.76. The largest absolute Gasteiger partial charge is 0.345 e. The second-order valence-corrected chi connectivity index (χ2v) is 11.5. The summed E-state index contributed by atoms with van der Waals surface area (Å²) < 4.78 is 2.16. The third kappa shape index (κ3) is 7.42. The van der Waals surface area contributed by atoms with E-state index in [1.165, 1.54) is 6.42 Å². The smallest absolute Gasteiger partial charge is 0.254 e. The van der Waals surface area contributed by atoms with Crippen LogP contribution in [0, 0.1) is 5.92 Å². The van der Waals surface area contributed by atoms with E-state index in [1.54, 1.807) is 29.2 Å².